The van der Waals surface area contributed by atoms with Crippen molar-refractivity contribution in [1.82, 2.24) is 4.98 Å². The van der Waals surface area contributed by atoms with E-state index in [1.165, 1.54) is 35.2 Å². The molecule has 1 aromatic carbocycles. The lowest BCUT2D eigenvalue weighted by Crippen LogP contribution is -2.00. The van der Waals surface area contributed by atoms with Gasteiger partial charge in [0.1, 0.15) is 0 Å². The Labute approximate surface area is 108 Å². The zero-order valence-electron chi connectivity index (χ0n) is 11.2. The van der Waals surface area contributed by atoms with Crippen molar-refractivity contribution in [3.05, 3.63) is 35.5 Å². The lowest BCUT2D eigenvalue weighted by atomic mass is 10.1. The van der Waals surface area contributed by atoms with Crippen molar-refractivity contribution in [2.45, 2.75) is 39.0 Å². The van der Waals surface area contributed by atoms with Gasteiger partial charge >= 0.3 is 0 Å². The van der Waals surface area contributed by atoms with Gasteiger partial charge in [-0.25, -0.2) is 0 Å². The highest BCUT2D eigenvalue weighted by molar-refractivity contribution is 5.92. The molecule has 2 heteroatoms. The number of nitrogens with zero attached hydrogens (tertiary/aromatic N) is 1. The summed E-state index contributed by atoms with van der Waals surface area (Å²) in [5.74, 6) is 0.706. The molecule has 0 aliphatic heterocycles. The molecule has 0 bridgehead atoms. The van der Waals surface area contributed by atoms with Crippen LogP contribution in [0.2, 0.25) is 0 Å². The molecule has 1 saturated carbocycles. The van der Waals surface area contributed by atoms with Crippen molar-refractivity contribution < 1.29 is 0 Å². The molecule has 2 nitrogen and oxygen atoms in total. The Morgan fingerprint density at radius 2 is 2.06 bits per heavy atom. The van der Waals surface area contributed by atoms with E-state index in [1.807, 2.05) is 0 Å². The van der Waals surface area contributed by atoms with Crippen LogP contribution in [0.25, 0.3) is 10.9 Å². The van der Waals surface area contributed by atoms with Crippen molar-refractivity contribution in [2.75, 3.05) is 11.9 Å². The van der Waals surface area contributed by atoms with E-state index >= 15 is 0 Å². The minimum absolute atomic E-state index is 0.706. The molecular formula is C16H20N2. The molecule has 18 heavy (non-hydrogen) atoms. The van der Waals surface area contributed by atoms with Gasteiger partial charge in [-0.2, -0.15) is 0 Å². The predicted molar refractivity (Wildman–Crippen MR) is 77.3 cm³/mol. The highest BCUT2D eigenvalue weighted by atomic mass is 14.9. The smallest absolute Gasteiger partial charge is 0.0726 e. The summed E-state index contributed by atoms with van der Waals surface area (Å²) in [6, 6.07) is 8.89. The van der Waals surface area contributed by atoms with E-state index in [0.717, 1.165) is 18.5 Å². The monoisotopic (exact) mass is 240 g/mol. The summed E-state index contributed by atoms with van der Waals surface area (Å²) in [5.41, 5.74) is 5.03. The molecule has 0 radical (unpaired) electrons. The Morgan fingerprint density at radius 1 is 1.22 bits per heavy atom. The Morgan fingerprint density at radius 3 is 2.72 bits per heavy atom. The number of aromatic nitrogens is 1. The van der Waals surface area contributed by atoms with E-state index in [9.17, 15) is 0 Å². The number of anilines is 1. The van der Waals surface area contributed by atoms with Crippen LogP contribution < -0.4 is 5.32 Å². The number of hydrogen-bond donors (Lipinski definition) is 1. The molecule has 0 spiro atoms. The van der Waals surface area contributed by atoms with E-state index in [-0.39, 0.29) is 0 Å². The van der Waals surface area contributed by atoms with Crippen molar-refractivity contribution in [3.63, 3.8) is 0 Å². The third kappa shape index (κ3) is 2.07. The molecule has 1 aliphatic rings. The zero-order chi connectivity index (χ0) is 12.5. The fourth-order valence-electron chi connectivity index (χ4n) is 2.44. The SMILES string of the molecule is CCNc1cc(C2CC2)nc2ccc(CC)cc12. The van der Waals surface area contributed by atoms with Crippen LogP contribution in [0.1, 0.15) is 43.9 Å². The van der Waals surface area contributed by atoms with Gasteiger partial charge in [-0.3, -0.25) is 4.98 Å². The molecule has 0 amide bonds. The van der Waals surface area contributed by atoms with Gasteiger partial charge < -0.3 is 5.32 Å². The summed E-state index contributed by atoms with van der Waals surface area (Å²) >= 11 is 0. The van der Waals surface area contributed by atoms with Crippen LogP contribution in [0.3, 0.4) is 0 Å². The Hall–Kier alpha value is -1.57. The second-order valence-electron chi connectivity index (χ2n) is 5.10. The van der Waals surface area contributed by atoms with Crippen LogP contribution in [0.4, 0.5) is 5.69 Å². The van der Waals surface area contributed by atoms with Crippen LogP contribution >= 0.6 is 0 Å². The van der Waals surface area contributed by atoms with Gasteiger partial charge in [0.2, 0.25) is 0 Å². The molecule has 1 aromatic heterocycles. The van der Waals surface area contributed by atoms with Crippen molar-refractivity contribution in [2.24, 2.45) is 0 Å². The van der Waals surface area contributed by atoms with Crippen LogP contribution in [0.5, 0.6) is 0 Å². The summed E-state index contributed by atoms with van der Waals surface area (Å²) in [7, 11) is 0. The quantitative estimate of drug-likeness (QED) is 0.870. The molecular weight excluding hydrogens is 220 g/mol. The third-order valence-electron chi connectivity index (χ3n) is 3.66. The van der Waals surface area contributed by atoms with Crippen LogP contribution in [0, 0.1) is 0 Å². The summed E-state index contributed by atoms with van der Waals surface area (Å²) in [4.78, 5) is 4.82. The standard InChI is InChI=1S/C16H20N2/c1-3-11-5-8-14-13(9-11)16(17-4-2)10-15(18-14)12-6-7-12/h5,8-10,12H,3-4,6-7H2,1-2H3,(H,17,18). The first-order chi connectivity index (χ1) is 8.81. The fraction of sp³-hybridized carbons (Fsp3) is 0.438. The predicted octanol–water partition coefficient (Wildman–Crippen LogP) is 4.11. The summed E-state index contributed by atoms with van der Waals surface area (Å²) < 4.78 is 0. The number of rotatable bonds is 4. The first-order valence-corrected chi connectivity index (χ1v) is 6.99. The lowest BCUT2D eigenvalue weighted by Gasteiger charge is -2.11. The molecule has 1 fully saturated rings. The van der Waals surface area contributed by atoms with Crippen molar-refractivity contribution in [3.8, 4) is 0 Å². The summed E-state index contributed by atoms with van der Waals surface area (Å²) in [5, 5.41) is 4.75. The summed E-state index contributed by atoms with van der Waals surface area (Å²) in [6.07, 6.45) is 3.68. The average molecular weight is 240 g/mol. The lowest BCUT2D eigenvalue weighted by molar-refractivity contribution is 1.04. The van der Waals surface area contributed by atoms with Gasteiger partial charge in [0, 0.05) is 29.2 Å². The number of pyridine rings is 1. The second kappa shape index (κ2) is 4.60. The Bertz CT molecular complexity index is 571. The second-order valence-corrected chi connectivity index (χ2v) is 5.10. The minimum Gasteiger partial charge on any atom is -0.385 e. The number of fused-ring (bicyclic) bond motifs is 1. The van der Waals surface area contributed by atoms with E-state index in [1.54, 1.807) is 0 Å². The number of nitrogens with one attached hydrogen (secondary N) is 1. The van der Waals surface area contributed by atoms with Gasteiger partial charge in [0.15, 0.2) is 0 Å². The van der Waals surface area contributed by atoms with Gasteiger partial charge in [0.05, 0.1) is 5.52 Å². The topological polar surface area (TPSA) is 24.9 Å². The maximum atomic E-state index is 4.82. The molecule has 1 N–H and O–H groups in total. The van der Waals surface area contributed by atoms with Gasteiger partial charge in [-0.15, -0.1) is 0 Å². The maximum absolute atomic E-state index is 4.82. The Kier molecular flexibility index (Phi) is 2.94. The van der Waals surface area contributed by atoms with E-state index in [2.05, 4.69) is 43.4 Å². The third-order valence-corrected chi connectivity index (χ3v) is 3.66. The maximum Gasteiger partial charge on any atom is 0.0726 e. The summed E-state index contributed by atoms with van der Waals surface area (Å²) in [6.45, 7) is 5.30. The number of hydrogen-bond acceptors (Lipinski definition) is 2. The van der Waals surface area contributed by atoms with E-state index in [0.29, 0.717) is 5.92 Å². The molecule has 0 saturated heterocycles. The normalized spacial score (nSPS) is 15.0. The van der Waals surface area contributed by atoms with Crippen molar-refractivity contribution in [1.29, 1.82) is 0 Å². The first kappa shape index (κ1) is 11.5. The van der Waals surface area contributed by atoms with Crippen LogP contribution in [0.15, 0.2) is 24.3 Å². The molecule has 94 valence electrons. The molecule has 0 unspecified atom stereocenters. The largest absolute Gasteiger partial charge is 0.385 e. The molecule has 2 aromatic rings. The fourth-order valence-corrected chi connectivity index (χ4v) is 2.44. The first-order valence-electron chi connectivity index (χ1n) is 6.99. The molecule has 3 rings (SSSR count). The van der Waals surface area contributed by atoms with Crippen LogP contribution in [-0.4, -0.2) is 11.5 Å². The van der Waals surface area contributed by atoms with E-state index in [4.69, 9.17) is 4.98 Å². The molecule has 1 heterocycles. The number of benzene rings is 1. The Balaban J connectivity index is 2.16. The number of aryl methyl sites for hydroxylation is 1. The van der Waals surface area contributed by atoms with E-state index < -0.39 is 0 Å². The molecule has 1 aliphatic carbocycles. The zero-order valence-corrected chi connectivity index (χ0v) is 11.2. The van der Waals surface area contributed by atoms with Gasteiger partial charge in [-0.1, -0.05) is 13.0 Å². The van der Waals surface area contributed by atoms with Gasteiger partial charge in [0.25, 0.3) is 0 Å². The van der Waals surface area contributed by atoms with Gasteiger partial charge in [-0.05, 0) is 49.9 Å². The minimum atomic E-state index is 0.706. The average Bonchev–Trinajstić information content (AvgIpc) is 3.22. The molecule has 0 atom stereocenters. The van der Waals surface area contributed by atoms with Crippen molar-refractivity contribution >= 4 is 16.6 Å². The van der Waals surface area contributed by atoms with Crippen LogP contribution in [-0.2, 0) is 6.42 Å². The highest BCUT2D eigenvalue weighted by Gasteiger charge is 2.25. The highest BCUT2D eigenvalue weighted by Crippen LogP contribution is 2.41.